The molecule has 1 aliphatic heterocycles. The summed E-state index contributed by atoms with van der Waals surface area (Å²) >= 11 is 1.46. The fourth-order valence-electron chi connectivity index (χ4n) is 1.42. The minimum atomic E-state index is -0.486. The van der Waals surface area contributed by atoms with Crippen LogP contribution in [0.25, 0.3) is 0 Å². The molecule has 1 atom stereocenters. The molecule has 1 aliphatic rings. The van der Waals surface area contributed by atoms with Crippen LogP contribution >= 0.6 is 11.3 Å². The average molecular weight is 238 g/mol. The van der Waals surface area contributed by atoms with Gasteiger partial charge >= 0.3 is 0 Å². The smallest absolute Gasteiger partial charge is 0.258 e. The van der Waals surface area contributed by atoms with E-state index in [1.165, 1.54) is 11.3 Å². The number of hydrogen-bond donors (Lipinski definition) is 2. The Kier molecular flexibility index (Phi) is 2.91. The summed E-state index contributed by atoms with van der Waals surface area (Å²) in [7, 11) is 0. The monoisotopic (exact) mass is 238 g/mol. The van der Waals surface area contributed by atoms with E-state index in [2.05, 4.69) is 20.6 Å². The minimum Gasteiger partial charge on any atom is -0.354 e. The van der Waals surface area contributed by atoms with E-state index in [-0.39, 0.29) is 11.9 Å². The van der Waals surface area contributed by atoms with Crippen LogP contribution in [-0.4, -0.2) is 22.9 Å². The molecule has 2 heterocycles. The zero-order chi connectivity index (χ0) is 11.7. The van der Waals surface area contributed by atoms with Crippen molar-refractivity contribution < 1.29 is 4.79 Å². The summed E-state index contributed by atoms with van der Waals surface area (Å²) in [5.41, 5.74) is 0.924. The zero-order valence-corrected chi connectivity index (χ0v) is 10.3. The highest BCUT2D eigenvalue weighted by Gasteiger charge is 2.30. The predicted molar refractivity (Wildman–Crippen MR) is 63.4 cm³/mol. The lowest BCUT2D eigenvalue weighted by molar-refractivity contribution is -0.120. The van der Waals surface area contributed by atoms with Crippen molar-refractivity contribution >= 4 is 23.2 Å². The summed E-state index contributed by atoms with van der Waals surface area (Å²) in [6.45, 7) is 5.90. The number of guanidine groups is 1. The van der Waals surface area contributed by atoms with Crippen LogP contribution in [-0.2, 0) is 4.79 Å². The topological polar surface area (TPSA) is 66.4 Å². The van der Waals surface area contributed by atoms with Gasteiger partial charge in [-0.25, -0.2) is 9.98 Å². The van der Waals surface area contributed by atoms with Gasteiger partial charge in [0.05, 0.1) is 0 Å². The number of thiazole rings is 1. The lowest BCUT2D eigenvalue weighted by Crippen LogP contribution is -2.40. The normalized spacial score (nSPS) is 19.9. The summed E-state index contributed by atoms with van der Waals surface area (Å²) < 4.78 is 0. The van der Waals surface area contributed by atoms with Gasteiger partial charge in [0.15, 0.2) is 12.0 Å². The molecule has 0 aliphatic carbocycles. The van der Waals surface area contributed by atoms with Crippen molar-refractivity contribution in [2.75, 3.05) is 0 Å². The van der Waals surface area contributed by atoms with E-state index in [0.717, 1.165) is 10.7 Å². The van der Waals surface area contributed by atoms with Crippen molar-refractivity contribution in [1.82, 2.24) is 15.6 Å². The SMILES string of the molecule is Cc1csc(C2N=C(NC(C)C)NC2=O)n1. The molecule has 2 N–H and O–H groups in total. The fraction of sp³-hybridized carbons (Fsp3) is 0.500. The third-order valence-corrected chi connectivity index (χ3v) is 3.06. The largest absolute Gasteiger partial charge is 0.354 e. The van der Waals surface area contributed by atoms with Crippen molar-refractivity contribution in [2.24, 2.45) is 4.99 Å². The maximum atomic E-state index is 11.7. The van der Waals surface area contributed by atoms with Gasteiger partial charge in [0, 0.05) is 17.1 Å². The highest BCUT2D eigenvalue weighted by molar-refractivity contribution is 7.09. The molecule has 86 valence electrons. The molecule has 1 unspecified atom stereocenters. The second-order valence-electron chi connectivity index (χ2n) is 4.00. The maximum absolute atomic E-state index is 11.7. The van der Waals surface area contributed by atoms with Crippen LogP contribution in [0.2, 0.25) is 0 Å². The number of aromatic nitrogens is 1. The van der Waals surface area contributed by atoms with Gasteiger partial charge in [-0.3, -0.25) is 10.1 Å². The zero-order valence-electron chi connectivity index (χ0n) is 9.44. The molecule has 16 heavy (non-hydrogen) atoms. The lowest BCUT2D eigenvalue weighted by Gasteiger charge is -2.07. The Labute approximate surface area is 98.0 Å². The Morgan fingerprint density at radius 3 is 2.88 bits per heavy atom. The molecular formula is C10H14N4OS. The number of amides is 1. The van der Waals surface area contributed by atoms with Crippen LogP contribution in [0.5, 0.6) is 0 Å². The molecule has 0 radical (unpaired) electrons. The van der Waals surface area contributed by atoms with Crippen molar-refractivity contribution in [3.8, 4) is 0 Å². The number of nitrogens with zero attached hydrogens (tertiary/aromatic N) is 2. The molecule has 0 fully saturated rings. The number of carbonyl (C=O) groups excluding carboxylic acids is 1. The maximum Gasteiger partial charge on any atom is 0.258 e. The molecule has 1 aromatic rings. The first-order valence-electron chi connectivity index (χ1n) is 5.13. The third-order valence-electron chi connectivity index (χ3n) is 2.04. The van der Waals surface area contributed by atoms with Gasteiger partial charge in [-0.15, -0.1) is 11.3 Å². The summed E-state index contributed by atoms with van der Waals surface area (Å²) in [5, 5.41) is 8.45. The number of nitrogens with one attached hydrogen (secondary N) is 2. The first-order valence-corrected chi connectivity index (χ1v) is 6.01. The average Bonchev–Trinajstić information content (AvgIpc) is 2.72. The van der Waals surface area contributed by atoms with E-state index in [4.69, 9.17) is 0 Å². The highest BCUT2D eigenvalue weighted by Crippen LogP contribution is 2.24. The van der Waals surface area contributed by atoms with Gasteiger partial charge < -0.3 is 5.32 Å². The minimum absolute atomic E-state index is 0.113. The Morgan fingerprint density at radius 1 is 1.56 bits per heavy atom. The molecule has 0 bridgehead atoms. The molecule has 1 amide bonds. The van der Waals surface area contributed by atoms with Gasteiger partial charge in [-0.2, -0.15) is 0 Å². The first-order chi connectivity index (χ1) is 7.56. The van der Waals surface area contributed by atoms with E-state index >= 15 is 0 Å². The van der Waals surface area contributed by atoms with Crippen molar-refractivity contribution in [1.29, 1.82) is 0 Å². The third kappa shape index (κ3) is 2.21. The predicted octanol–water partition coefficient (Wildman–Crippen LogP) is 0.976. The first kappa shape index (κ1) is 11.1. The molecular weight excluding hydrogens is 224 g/mol. The summed E-state index contributed by atoms with van der Waals surface area (Å²) in [6, 6.07) is -0.240. The summed E-state index contributed by atoms with van der Waals surface area (Å²) in [4.78, 5) is 20.2. The molecule has 1 aromatic heterocycles. The summed E-state index contributed by atoms with van der Waals surface area (Å²) in [6.07, 6.45) is 0. The number of hydrogen-bond acceptors (Lipinski definition) is 5. The summed E-state index contributed by atoms with van der Waals surface area (Å²) in [5.74, 6) is 0.426. The lowest BCUT2D eigenvalue weighted by atomic mass is 10.3. The second kappa shape index (κ2) is 4.21. The van der Waals surface area contributed by atoms with Crippen LogP contribution in [0.4, 0.5) is 0 Å². The van der Waals surface area contributed by atoms with E-state index < -0.39 is 6.04 Å². The number of rotatable bonds is 2. The molecule has 5 nitrogen and oxygen atoms in total. The van der Waals surface area contributed by atoms with Crippen LogP contribution in [0.3, 0.4) is 0 Å². The van der Waals surface area contributed by atoms with Crippen molar-refractivity contribution in [3.05, 3.63) is 16.1 Å². The van der Waals surface area contributed by atoms with Crippen LogP contribution in [0.1, 0.15) is 30.6 Å². The van der Waals surface area contributed by atoms with Crippen LogP contribution in [0.15, 0.2) is 10.4 Å². The Morgan fingerprint density at radius 2 is 2.31 bits per heavy atom. The van der Waals surface area contributed by atoms with E-state index in [9.17, 15) is 4.79 Å². The van der Waals surface area contributed by atoms with Crippen molar-refractivity contribution in [2.45, 2.75) is 32.9 Å². The van der Waals surface area contributed by atoms with Gasteiger partial charge in [0.2, 0.25) is 0 Å². The van der Waals surface area contributed by atoms with Gasteiger partial charge in [-0.05, 0) is 20.8 Å². The van der Waals surface area contributed by atoms with E-state index in [1.807, 2.05) is 26.2 Å². The molecule has 2 rings (SSSR count). The van der Waals surface area contributed by atoms with Gasteiger partial charge in [0.25, 0.3) is 5.91 Å². The standard InChI is InChI=1S/C10H14N4OS/c1-5(2)11-10-13-7(8(15)14-10)9-12-6(3)4-16-9/h4-5,7H,1-3H3,(H2,11,13,14,15). The Bertz CT molecular complexity index is 438. The van der Waals surface area contributed by atoms with Crippen molar-refractivity contribution in [3.63, 3.8) is 0 Å². The van der Waals surface area contributed by atoms with E-state index in [0.29, 0.717) is 5.96 Å². The number of aryl methyl sites for hydroxylation is 1. The van der Waals surface area contributed by atoms with Gasteiger partial charge in [-0.1, -0.05) is 0 Å². The second-order valence-corrected chi connectivity index (χ2v) is 4.89. The Balaban J connectivity index is 2.17. The highest BCUT2D eigenvalue weighted by atomic mass is 32.1. The van der Waals surface area contributed by atoms with Gasteiger partial charge in [0.1, 0.15) is 5.01 Å². The van der Waals surface area contributed by atoms with Crippen LogP contribution < -0.4 is 10.6 Å². The van der Waals surface area contributed by atoms with E-state index in [1.54, 1.807) is 0 Å². The fourth-order valence-corrected chi connectivity index (χ4v) is 2.25. The quantitative estimate of drug-likeness (QED) is 0.807. The molecule has 0 spiro atoms. The molecule has 6 heteroatoms. The number of aliphatic imine (C=N–C) groups is 1. The molecule has 0 aromatic carbocycles. The Hall–Kier alpha value is -1.43. The molecule has 0 saturated heterocycles. The van der Waals surface area contributed by atoms with Crippen LogP contribution in [0, 0.1) is 6.92 Å². The molecule has 0 saturated carbocycles. The number of carbonyl (C=O) groups is 1.